The van der Waals surface area contributed by atoms with Crippen LogP contribution in [0.25, 0.3) is 0 Å². The van der Waals surface area contributed by atoms with E-state index < -0.39 is 9.84 Å². The Morgan fingerprint density at radius 3 is 2.69 bits per heavy atom. The fraction of sp³-hybridized carbons (Fsp3) is 0.500. The molecular weight excluding hydrogens is 226 g/mol. The van der Waals surface area contributed by atoms with E-state index in [4.69, 9.17) is 5.84 Å². The van der Waals surface area contributed by atoms with E-state index in [9.17, 15) is 8.42 Å². The highest BCUT2D eigenvalue weighted by molar-refractivity contribution is 7.90. The summed E-state index contributed by atoms with van der Waals surface area (Å²) in [7, 11) is -2.97. The second-order valence-electron chi connectivity index (χ2n) is 3.84. The molecule has 1 heterocycles. The summed E-state index contributed by atoms with van der Waals surface area (Å²) in [5, 5.41) is 0. The second-order valence-corrected chi connectivity index (χ2v) is 6.10. The number of nitrogens with one attached hydrogen (secondary N) is 1. The van der Waals surface area contributed by atoms with Crippen LogP contribution in [0, 0.1) is 6.92 Å². The number of sulfone groups is 1. The lowest BCUT2D eigenvalue weighted by Gasteiger charge is -2.14. The topological polar surface area (TPSA) is 85.1 Å². The molecule has 1 rings (SSSR count). The van der Waals surface area contributed by atoms with E-state index in [1.54, 1.807) is 0 Å². The van der Waals surface area contributed by atoms with Crippen LogP contribution in [0.5, 0.6) is 0 Å². The molecule has 0 aliphatic rings. The van der Waals surface area contributed by atoms with Crippen molar-refractivity contribution in [2.75, 3.05) is 12.0 Å². The van der Waals surface area contributed by atoms with Gasteiger partial charge in [0.1, 0.15) is 9.84 Å². The van der Waals surface area contributed by atoms with Crippen molar-refractivity contribution < 1.29 is 8.42 Å². The zero-order valence-corrected chi connectivity index (χ0v) is 10.3. The number of nitrogens with zero attached hydrogens (tertiary/aromatic N) is 1. The molecule has 1 aromatic rings. The van der Waals surface area contributed by atoms with Gasteiger partial charge in [0.05, 0.1) is 17.5 Å². The average molecular weight is 243 g/mol. The van der Waals surface area contributed by atoms with E-state index in [2.05, 4.69) is 10.4 Å². The van der Waals surface area contributed by atoms with Crippen molar-refractivity contribution in [2.45, 2.75) is 19.4 Å². The summed E-state index contributed by atoms with van der Waals surface area (Å²) in [6.45, 7) is 1.88. The molecular formula is C10H17N3O2S. The van der Waals surface area contributed by atoms with Crippen LogP contribution in [0.1, 0.15) is 23.9 Å². The van der Waals surface area contributed by atoms with Gasteiger partial charge in [-0.1, -0.05) is 6.07 Å². The Bertz CT molecular complexity index is 445. The maximum absolute atomic E-state index is 11.1. The Balaban J connectivity index is 2.75. The van der Waals surface area contributed by atoms with Crippen LogP contribution < -0.4 is 11.3 Å². The van der Waals surface area contributed by atoms with Crippen molar-refractivity contribution in [1.29, 1.82) is 0 Å². The molecule has 5 nitrogen and oxygen atoms in total. The second kappa shape index (κ2) is 5.38. The van der Waals surface area contributed by atoms with Gasteiger partial charge in [-0.25, -0.2) is 8.42 Å². The summed E-state index contributed by atoms with van der Waals surface area (Å²) >= 11 is 0. The SMILES string of the molecule is Cc1cccc(C(CCS(C)(=O)=O)NN)n1. The van der Waals surface area contributed by atoms with Crippen molar-refractivity contribution in [1.82, 2.24) is 10.4 Å². The molecule has 0 saturated carbocycles. The molecule has 0 bridgehead atoms. The first-order valence-corrected chi connectivity index (χ1v) is 7.06. The number of pyridine rings is 1. The van der Waals surface area contributed by atoms with E-state index in [0.717, 1.165) is 11.4 Å². The van der Waals surface area contributed by atoms with Gasteiger partial charge in [0.15, 0.2) is 0 Å². The first-order valence-electron chi connectivity index (χ1n) is 5.00. The van der Waals surface area contributed by atoms with Crippen LogP contribution in [0.2, 0.25) is 0 Å². The molecule has 0 amide bonds. The average Bonchev–Trinajstić information content (AvgIpc) is 2.17. The molecule has 90 valence electrons. The Labute approximate surface area is 96.0 Å². The van der Waals surface area contributed by atoms with E-state index >= 15 is 0 Å². The summed E-state index contributed by atoms with van der Waals surface area (Å²) < 4.78 is 22.1. The molecule has 0 spiro atoms. The molecule has 16 heavy (non-hydrogen) atoms. The highest BCUT2D eigenvalue weighted by Gasteiger charge is 2.14. The first-order chi connectivity index (χ1) is 7.42. The minimum Gasteiger partial charge on any atom is -0.271 e. The van der Waals surface area contributed by atoms with Gasteiger partial charge in [0, 0.05) is 11.9 Å². The van der Waals surface area contributed by atoms with Gasteiger partial charge >= 0.3 is 0 Å². The van der Waals surface area contributed by atoms with E-state index in [1.807, 2.05) is 25.1 Å². The standard InChI is InChI=1S/C10H17N3O2S/c1-8-4-3-5-9(12-8)10(13-11)6-7-16(2,14)15/h3-5,10,13H,6-7,11H2,1-2H3. The fourth-order valence-corrected chi connectivity index (χ4v) is 2.07. The lowest BCUT2D eigenvalue weighted by molar-refractivity contribution is 0.519. The molecule has 0 fully saturated rings. The van der Waals surface area contributed by atoms with E-state index in [1.165, 1.54) is 6.26 Å². The largest absolute Gasteiger partial charge is 0.271 e. The normalized spacial score (nSPS) is 13.7. The molecule has 1 aromatic heterocycles. The molecule has 0 saturated heterocycles. The van der Waals surface area contributed by atoms with Crippen LogP contribution in [0.4, 0.5) is 0 Å². The Morgan fingerprint density at radius 1 is 1.50 bits per heavy atom. The third kappa shape index (κ3) is 4.26. The highest BCUT2D eigenvalue weighted by Crippen LogP contribution is 2.14. The Hall–Kier alpha value is -0.980. The smallest absolute Gasteiger partial charge is 0.147 e. The molecule has 0 radical (unpaired) electrons. The minimum absolute atomic E-state index is 0.0947. The first kappa shape index (κ1) is 13.1. The summed E-state index contributed by atoms with van der Waals surface area (Å²) in [6.07, 6.45) is 1.63. The van der Waals surface area contributed by atoms with Gasteiger partial charge in [-0.2, -0.15) is 0 Å². The predicted octanol–water partition coefficient (Wildman–Crippen LogP) is 0.329. The van der Waals surface area contributed by atoms with Crippen molar-refractivity contribution in [3.63, 3.8) is 0 Å². The lowest BCUT2D eigenvalue weighted by Crippen LogP contribution is -2.30. The van der Waals surface area contributed by atoms with Crippen molar-refractivity contribution in [2.24, 2.45) is 5.84 Å². The summed E-state index contributed by atoms with van der Waals surface area (Å²) in [5.41, 5.74) is 4.25. The van der Waals surface area contributed by atoms with Crippen LogP contribution in [0.15, 0.2) is 18.2 Å². The summed E-state index contributed by atoms with van der Waals surface area (Å²) in [5.74, 6) is 5.49. The Morgan fingerprint density at radius 2 is 2.19 bits per heavy atom. The predicted molar refractivity (Wildman–Crippen MR) is 63.4 cm³/mol. The molecule has 0 aliphatic heterocycles. The van der Waals surface area contributed by atoms with Crippen molar-refractivity contribution in [3.8, 4) is 0 Å². The zero-order valence-electron chi connectivity index (χ0n) is 9.47. The molecule has 3 N–H and O–H groups in total. The third-order valence-electron chi connectivity index (χ3n) is 2.25. The number of aromatic nitrogens is 1. The lowest BCUT2D eigenvalue weighted by atomic mass is 10.1. The zero-order chi connectivity index (χ0) is 12.2. The van der Waals surface area contributed by atoms with Crippen molar-refractivity contribution in [3.05, 3.63) is 29.6 Å². The fourth-order valence-electron chi connectivity index (χ4n) is 1.41. The Kier molecular flexibility index (Phi) is 4.40. The maximum Gasteiger partial charge on any atom is 0.147 e. The number of nitrogens with two attached hydrogens (primary N) is 1. The summed E-state index contributed by atoms with van der Waals surface area (Å²) in [4.78, 5) is 4.31. The molecule has 0 aliphatic carbocycles. The van der Waals surface area contributed by atoms with Gasteiger partial charge in [-0.15, -0.1) is 0 Å². The summed E-state index contributed by atoms with van der Waals surface area (Å²) in [6, 6.07) is 5.37. The van der Waals surface area contributed by atoms with Gasteiger partial charge in [-0.3, -0.25) is 16.3 Å². The number of aryl methyl sites for hydroxylation is 1. The van der Waals surface area contributed by atoms with Gasteiger partial charge in [0.25, 0.3) is 0 Å². The van der Waals surface area contributed by atoms with Gasteiger partial charge in [0.2, 0.25) is 0 Å². The van der Waals surface area contributed by atoms with Crippen molar-refractivity contribution >= 4 is 9.84 Å². The monoisotopic (exact) mass is 243 g/mol. The minimum atomic E-state index is -2.97. The number of hydrogen-bond donors (Lipinski definition) is 2. The number of rotatable bonds is 5. The quantitative estimate of drug-likeness (QED) is 0.575. The van der Waals surface area contributed by atoms with Crippen LogP contribution in [0.3, 0.4) is 0 Å². The number of hydrazine groups is 1. The van der Waals surface area contributed by atoms with Gasteiger partial charge in [-0.05, 0) is 25.5 Å². The van der Waals surface area contributed by atoms with Gasteiger partial charge < -0.3 is 0 Å². The molecule has 1 unspecified atom stereocenters. The third-order valence-corrected chi connectivity index (χ3v) is 3.22. The highest BCUT2D eigenvalue weighted by atomic mass is 32.2. The van der Waals surface area contributed by atoms with E-state index in [-0.39, 0.29) is 11.8 Å². The van der Waals surface area contributed by atoms with Crippen LogP contribution >= 0.6 is 0 Å². The number of hydrogen-bond acceptors (Lipinski definition) is 5. The molecule has 0 aromatic carbocycles. The van der Waals surface area contributed by atoms with Crippen LogP contribution in [-0.4, -0.2) is 25.4 Å². The maximum atomic E-state index is 11.1. The molecule has 1 atom stereocenters. The molecule has 6 heteroatoms. The van der Waals surface area contributed by atoms with Crippen LogP contribution in [-0.2, 0) is 9.84 Å². The van der Waals surface area contributed by atoms with E-state index in [0.29, 0.717) is 6.42 Å².